The van der Waals surface area contributed by atoms with E-state index in [4.69, 9.17) is 16.8 Å². The summed E-state index contributed by atoms with van der Waals surface area (Å²) >= 11 is 5.80. The lowest BCUT2D eigenvalue weighted by molar-refractivity contribution is -0.110. The highest BCUT2D eigenvalue weighted by atomic mass is 35.5. The minimum absolute atomic E-state index is 0.185. The molecule has 0 aromatic heterocycles. The molecule has 0 aliphatic rings. The summed E-state index contributed by atoms with van der Waals surface area (Å²) in [6.07, 6.45) is 0. The molecular formula is C16H15ClN4O2. The summed E-state index contributed by atoms with van der Waals surface area (Å²) in [5, 5.41) is 19.4. The Morgan fingerprint density at radius 3 is 2.30 bits per heavy atom. The lowest BCUT2D eigenvalue weighted by Gasteiger charge is -2.07. The van der Waals surface area contributed by atoms with Gasteiger partial charge in [-0.2, -0.15) is 5.10 Å². The van der Waals surface area contributed by atoms with Crippen molar-refractivity contribution >= 4 is 40.3 Å². The number of halogens is 1. The quantitative estimate of drug-likeness (QED) is 0.445. The molecule has 0 bridgehead atoms. The number of anilines is 2. The Morgan fingerprint density at radius 1 is 1.04 bits per heavy atom. The lowest BCUT2D eigenvalue weighted by Crippen LogP contribution is -2.29. The van der Waals surface area contributed by atoms with Crippen LogP contribution < -0.4 is 10.7 Å². The SMILES string of the molecule is CC(=N\Nc1ccc(Cl)cc1)/C(=N\O)C(=O)Nc1ccccc1. The van der Waals surface area contributed by atoms with Gasteiger partial charge >= 0.3 is 0 Å². The molecule has 0 heterocycles. The van der Waals surface area contributed by atoms with Gasteiger partial charge in [-0.15, -0.1) is 0 Å². The number of rotatable bonds is 5. The van der Waals surface area contributed by atoms with E-state index >= 15 is 0 Å². The molecule has 0 aliphatic carbocycles. The van der Waals surface area contributed by atoms with Crippen LogP contribution in [0.4, 0.5) is 11.4 Å². The van der Waals surface area contributed by atoms with Crippen molar-refractivity contribution in [2.24, 2.45) is 10.3 Å². The smallest absolute Gasteiger partial charge is 0.279 e. The summed E-state index contributed by atoms with van der Waals surface area (Å²) in [7, 11) is 0. The van der Waals surface area contributed by atoms with Gasteiger partial charge in [0.15, 0.2) is 5.71 Å². The van der Waals surface area contributed by atoms with Gasteiger partial charge in [0.05, 0.1) is 11.4 Å². The Labute approximate surface area is 138 Å². The predicted molar refractivity (Wildman–Crippen MR) is 92.5 cm³/mol. The van der Waals surface area contributed by atoms with Crippen LogP contribution >= 0.6 is 11.6 Å². The Balaban J connectivity index is 2.05. The van der Waals surface area contributed by atoms with Crippen molar-refractivity contribution < 1.29 is 10.0 Å². The average Bonchev–Trinajstić information content (AvgIpc) is 2.56. The molecule has 0 aliphatic heterocycles. The maximum atomic E-state index is 12.1. The standard InChI is InChI=1S/C16H15ClN4O2/c1-11(19-20-14-9-7-12(17)8-10-14)15(21-23)16(22)18-13-5-3-2-4-6-13/h2-10,20,23H,1H3,(H,18,22)/b19-11+,21-15+. The summed E-state index contributed by atoms with van der Waals surface area (Å²) in [4.78, 5) is 12.1. The van der Waals surface area contributed by atoms with Crippen molar-refractivity contribution in [1.29, 1.82) is 0 Å². The van der Waals surface area contributed by atoms with E-state index in [2.05, 4.69) is 21.0 Å². The van der Waals surface area contributed by atoms with Gasteiger partial charge in [-0.05, 0) is 43.3 Å². The molecule has 2 aromatic carbocycles. The molecule has 7 heteroatoms. The Morgan fingerprint density at radius 2 is 1.70 bits per heavy atom. The Kier molecular flexibility index (Phi) is 5.71. The first kappa shape index (κ1) is 16.5. The first-order valence-electron chi connectivity index (χ1n) is 6.75. The van der Waals surface area contributed by atoms with Crippen molar-refractivity contribution in [2.75, 3.05) is 10.7 Å². The van der Waals surface area contributed by atoms with Crippen LogP contribution in [0.15, 0.2) is 64.9 Å². The van der Waals surface area contributed by atoms with E-state index < -0.39 is 5.91 Å². The zero-order chi connectivity index (χ0) is 16.7. The van der Waals surface area contributed by atoms with E-state index in [1.807, 2.05) is 6.07 Å². The molecule has 118 valence electrons. The summed E-state index contributed by atoms with van der Waals surface area (Å²) in [6.45, 7) is 1.56. The topological polar surface area (TPSA) is 86.1 Å². The molecule has 2 rings (SSSR count). The molecule has 0 spiro atoms. The summed E-state index contributed by atoms with van der Waals surface area (Å²) in [5.74, 6) is -0.558. The lowest BCUT2D eigenvalue weighted by atomic mass is 10.2. The molecule has 3 N–H and O–H groups in total. The Bertz CT molecular complexity index is 728. The summed E-state index contributed by atoms with van der Waals surface area (Å²) < 4.78 is 0. The van der Waals surface area contributed by atoms with E-state index in [1.165, 1.54) is 0 Å². The van der Waals surface area contributed by atoms with E-state index in [-0.39, 0.29) is 11.4 Å². The number of hydrazone groups is 1. The first-order valence-corrected chi connectivity index (χ1v) is 7.12. The largest absolute Gasteiger partial charge is 0.410 e. The van der Waals surface area contributed by atoms with Gasteiger partial charge in [0.25, 0.3) is 5.91 Å². The van der Waals surface area contributed by atoms with Crippen LogP contribution in [0.3, 0.4) is 0 Å². The number of hydrogen-bond donors (Lipinski definition) is 3. The van der Waals surface area contributed by atoms with Crippen LogP contribution in [0.25, 0.3) is 0 Å². The van der Waals surface area contributed by atoms with Crippen molar-refractivity contribution in [3.05, 3.63) is 59.6 Å². The molecule has 23 heavy (non-hydrogen) atoms. The van der Waals surface area contributed by atoms with Crippen LogP contribution in [0, 0.1) is 0 Å². The summed E-state index contributed by atoms with van der Waals surface area (Å²) in [6, 6.07) is 15.7. The minimum atomic E-state index is -0.558. The van der Waals surface area contributed by atoms with Crippen molar-refractivity contribution in [2.45, 2.75) is 6.92 Å². The number of benzene rings is 2. The van der Waals surface area contributed by atoms with Gasteiger partial charge in [-0.1, -0.05) is 35.0 Å². The number of nitrogens with one attached hydrogen (secondary N) is 2. The minimum Gasteiger partial charge on any atom is -0.410 e. The number of amides is 1. The van der Waals surface area contributed by atoms with E-state index in [1.54, 1.807) is 55.5 Å². The van der Waals surface area contributed by atoms with Gasteiger partial charge in [0, 0.05) is 10.7 Å². The monoisotopic (exact) mass is 330 g/mol. The van der Waals surface area contributed by atoms with Crippen molar-refractivity contribution in [3.63, 3.8) is 0 Å². The fourth-order valence-electron chi connectivity index (χ4n) is 1.72. The highest BCUT2D eigenvalue weighted by molar-refractivity contribution is 6.68. The molecule has 0 saturated heterocycles. The predicted octanol–water partition coefficient (Wildman–Crippen LogP) is 3.60. The fraction of sp³-hybridized carbons (Fsp3) is 0.0625. The third-order valence-corrected chi connectivity index (χ3v) is 3.14. The average molecular weight is 331 g/mol. The van der Waals surface area contributed by atoms with E-state index in [0.717, 1.165) is 0 Å². The van der Waals surface area contributed by atoms with E-state index in [0.29, 0.717) is 16.4 Å². The van der Waals surface area contributed by atoms with Gasteiger partial charge in [0.2, 0.25) is 0 Å². The second kappa shape index (κ2) is 7.95. The number of oxime groups is 1. The van der Waals surface area contributed by atoms with Crippen LogP contribution in [0.1, 0.15) is 6.92 Å². The molecule has 0 saturated carbocycles. The highest BCUT2D eigenvalue weighted by Crippen LogP contribution is 2.13. The number of nitrogens with zero attached hydrogens (tertiary/aromatic N) is 2. The second-order valence-corrected chi connectivity index (χ2v) is 5.02. The first-order chi connectivity index (χ1) is 11.1. The zero-order valence-electron chi connectivity index (χ0n) is 12.3. The van der Waals surface area contributed by atoms with E-state index in [9.17, 15) is 4.79 Å². The van der Waals surface area contributed by atoms with Crippen molar-refractivity contribution in [1.82, 2.24) is 0 Å². The molecule has 0 unspecified atom stereocenters. The van der Waals surface area contributed by atoms with Crippen molar-refractivity contribution in [3.8, 4) is 0 Å². The Hall–Kier alpha value is -2.86. The molecule has 0 fully saturated rings. The van der Waals surface area contributed by atoms with Gasteiger partial charge < -0.3 is 10.5 Å². The van der Waals surface area contributed by atoms with Gasteiger partial charge in [0.1, 0.15) is 0 Å². The maximum Gasteiger partial charge on any atom is 0.279 e. The molecule has 6 nitrogen and oxygen atoms in total. The van der Waals surface area contributed by atoms with Crippen LogP contribution in [-0.4, -0.2) is 22.5 Å². The fourth-order valence-corrected chi connectivity index (χ4v) is 1.85. The van der Waals surface area contributed by atoms with Crippen LogP contribution in [-0.2, 0) is 4.79 Å². The summed E-state index contributed by atoms with van der Waals surface area (Å²) in [5.41, 5.74) is 4.09. The molecular weight excluding hydrogens is 316 g/mol. The molecule has 2 aromatic rings. The normalized spacial score (nSPS) is 11.9. The third kappa shape index (κ3) is 4.82. The van der Waals surface area contributed by atoms with Gasteiger partial charge in [-0.3, -0.25) is 10.2 Å². The highest BCUT2D eigenvalue weighted by Gasteiger charge is 2.16. The second-order valence-electron chi connectivity index (χ2n) is 4.58. The molecule has 1 amide bonds. The zero-order valence-corrected chi connectivity index (χ0v) is 13.1. The van der Waals surface area contributed by atoms with Gasteiger partial charge in [-0.25, -0.2) is 0 Å². The maximum absolute atomic E-state index is 12.1. The molecule has 0 radical (unpaired) electrons. The number of para-hydroxylation sites is 1. The van der Waals surface area contributed by atoms with Crippen LogP contribution in [0.2, 0.25) is 5.02 Å². The number of carbonyl (C=O) groups excluding carboxylic acids is 1. The molecule has 0 atom stereocenters. The number of carbonyl (C=O) groups is 1. The third-order valence-electron chi connectivity index (χ3n) is 2.89. The van der Waals surface area contributed by atoms with Crippen LogP contribution in [0.5, 0.6) is 0 Å². The number of hydrogen-bond acceptors (Lipinski definition) is 5.